The van der Waals surface area contributed by atoms with E-state index in [2.05, 4.69) is 10.6 Å². The molecule has 7 heteroatoms. The van der Waals surface area contributed by atoms with Crippen molar-refractivity contribution in [1.82, 2.24) is 10.6 Å². The first-order chi connectivity index (χ1) is 11.8. The zero-order valence-electron chi connectivity index (χ0n) is 15.8. The minimum atomic E-state index is -0.515. The summed E-state index contributed by atoms with van der Waals surface area (Å²) in [7, 11) is 0. The molecule has 0 radical (unpaired) electrons. The number of rotatable bonds is 8. The zero-order chi connectivity index (χ0) is 19.0. The van der Waals surface area contributed by atoms with Gasteiger partial charge in [0.2, 0.25) is 11.8 Å². The van der Waals surface area contributed by atoms with E-state index in [4.69, 9.17) is 9.47 Å². The fraction of sp³-hybridized carbons (Fsp3) is 0.722. The van der Waals surface area contributed by atoms with Gasteiger partial charge in [-0.15, -0.1) is 0 Å². The first-order valence-electron chi connectivity index (χ1n) is 8.89. The average molecular weight is 354 g/mol. The highest BCUT2D eigenvalue weighted by Crippen LogP contribution is 2.25. The van der Waals surface area contributed by atoms with Gasteiger partial charge in [0.25, 0.3) is 0 Å². The van der Waals surface area contributed by atoms with Gasteiger partial charge in [-0.3, -0.25) is 9.59 Å². The van der Waals surface area contributed by atoms with Gasteiger partial charge >= 0.3 is 5.97 Å². The molecule has 1 aliphatic rings. The van der Waals surface area contributed by atoms with Crippen LogP contribution in [-0.4, -0.2) is 48.7 Å². The van der Waals surface area contributed by atoms with Crippen LogP contribution in [0.5, 0.6) is 0 Å². The van der Waals surface area contributed by atoms with Crippen LogP contribution in [0.2, 0.25) is 0 Å². The van der Waals surface area contributed by atoms with E-state index in [0.29, 0.717) is 5.57 Å². The first kappa shape index (κ1) is 21.2. The summed E-state index contributed by atoms with van der Waals surface area (Å²) in [6.45, 7) is 8.88. The molecule has 7 nitrogen and oxygen atoms in total. The van der Waals surface area contributed by atoms with Crippen LogP contribution in [-0.2, 0) is 23.9 Å². The largest absolute Gasteiger partial charge is 0.463 e. The Morgan fingerprint density at radius 2 is 1.72 bits per heavy atom. The van der Waals surface area contributed by atoms with E-state index < -0.39 is 24.2 Å². The van der Waals surface area contributed by atoms with Crippen molar-refractivity contribution in [1.29, 1.82) is 0 Å². The van der Waals surface area contributed by atoms with Crippen molar-refractivity contribution in [3.63, 3.8) is 0 Å². The van der Waals surface area contributed by atoms with Crippen molar-refractivity contribution in [2.75, 3.05) is 6.61 Å². The van der Waals surface area contributed by atoms with E-state index in [1.807, 2.05) is 13.8 Å². The second-order valence-electron chi connectivity index (χ2n) is 6.19. The molecule has 0 spiro atoms. The second-order valence-corrected chi connectivity index (χ2v) is 6.19. The topological polar surface area (TPSA) is 93.7 Å². The predicted molar refractivity (Wildman–Crippen MR) is 93.8 cm³/mol. The summed E-state index contributed by atoms with van der Waals surface area (Å²) in [5, 5.41) is 5.68. The van der Waals surface area contributed by atoms with Gasteiger partial charge in [-0.1, -0.05) is 13.8 Å². The Morgan fingerprint density at radius 3 is 2.20 bits per heavy atom. The third-order valence-corrected chi connectivity index (χ3v) is 4.15. The molecule has 0 aromatic heterocycles. The fourth-order valence-corrected chi connectivity index (χ4v) is 2.98. The molecule has 0 saturated heterocycles. The lowest BCUT2D eigenvalue weighted by atomic mass is 9.87. The van der Waals surface area contributed by atoms with Gasteiger partial charge in [-0.05, 0) is 25.8 Å². The number of hydrogen-bond acceptors (Lipinski definition) is 5. The van der Waals surface area contributed by atoms with Gasteiger partial charge in [0.1, 0.15) is 0 Å². The van der Waals surface area contributed by atoms with Crippen LogP contribution >= 0.6 is 0 Å². The van der Waals surface area contributed by atoms with E-state index in [-0.39, 0.29) is 30.9 Å². The smallest absolute Gasteiger partial charge is 0.333 e. The van der Waals surface area contributed by atoms with Crippen molar-refractivity contribution >= 4 is 17.8 Å². The van der Waals surface area contributed by atoms with Crippen molar-refractivity contribution in [3.8, 4) is 0 Å². The summed E-state index contributed by atoms with van der Waals surface area (Å²) in [6, 6.07) is -0.884. The SMILES string of the molecule is CCOC(=O)C1=CC(OC(CC)CC)C(NC(C)=O)C(NC(C)=O)C1. The molecule has 0 fully saturated rings. The number of ether oxygens (including phenoxy) is 2. The lowest BCUT2D eigenvalue weighted by molar-refractivity contribution is -0.139. The number of esters is 1. The number of carbonyl (C=O) groups is 3. The highest BCUT2D eigenvalue weighted by atomic mass is 16.5. The summed E-state index contributed by atoms with van der Waals surface area (Å²) < 4.78 is 11.2. The lowest BCUT2D eigenvalue weighted by Gasteiger charge is -2.38. The van der Waals surface area contributed by atoms with Crippen LogP contribution < -0.4 is 10.6 Å². The standard InChI is InChI=1S/C18H30N2O5/c1-6-14(7-2)25-16-10-13(18(23)24-8-3)9-15(19-11(4)21)17(16)20-12(5)22/h10,14-17H,6-9H2,1-5H3,(H,19,21)(H,20,22). The summed E-state index contributed by atoms with van der Waals surface area (Å²) in [5.74, 6) is -0.865. The molecule has 2 amide bonds. The summed E-state index contributed by atoms with van der Waals surface area (Å²) in [5.41, 5.74) is 0.457. The van der Waals surface area contributed by atoms with E-state index in [1.54, 1.807) is 13.0 Å². The molecule has 3 atom stereocenters. The number of carbonyl (C=O) groups excluding carboxylic acids is 3. The van der Waals surface area contributed by atoms with Crippen molar-refractivity contribution in [3.05, 3.63) is 11.6 Å². The van der Waals surface area contributed by atoms with Gasteiger partial charge in [0, 0.05) is 25.8 Å². The Kier molecular flexibility index (Phi) is 8.61. The molecule has 142 valence electrons. The maximum Gasteiger partial charge on any atom is 0.333 e. The monoisotopic (exact) mass is 354 g/mol. The molecular formula is C18H30N2O5. The molecule has 0 aliphatic heterocycles. The van der Waals surface area contributed by atoms with Crippen LogP contribution in [0.3, 0.4) is 0 Å². The Bertz CT molecular complexity index is 514. The van der Waals surface area contributed by atoms with Gasteiger partial charge < -0.3 is 20.1 Å². The minimum Gasteiger partial charge on any atom is -0.463 e. The Morgan fingerprint density at radius 1 is 1.12 bits per heavy atom. The highest BCUT2D eigenvalue weighted by Gasteiger charge is 2.38. The number of amides is 2. The van der Waals surface area contributed by atoms with Crippen LogP contribution in [0.1, 0.15) is 53.9 Å². The molecule has 0 bridgehead atoms. The minimum absolute atomic E-state index is 0.00275. The first-order valence-corrected chi connectivity index (χ1v) is 8.89. The van der Waals surface area contributed by atoms with Crippen LogP contribution in [0, 0.1) is 0 Å². The molecule has 2 N–H and O–H groups in total. The van der Waals surface area contributed by atoms with Crippen LogP contribution in [0.15, 0.2) is 11.6 Å². The maximum atomic E-state index is 12.2. The zero-order valence-corrected chi connectivity index (χ0v) is 15.8. The van der Waals surface area contributed by atoms with Gasteiger partial charge in [0.05, 0.1) is 30.9 Å². The van der Waals surface area contributed by atoms with Crippen molar-refractivity contribution < 1.29 is 23.9 Å². The van der Waals surface area contributed by atoms with E-state index in [1.165, 1.54) is 13.8 Å². The third kappa shape index (κ3) is 6.49. The van der Waals surface area contributed by atoms with Crippen LogP contribution in [0.4, 0.5) is 0 Å². The maximum absolute atomic E-state index is 12.2. The molecule has 0 heterocycles. The van der Waals surface area contributed by atoms with Gasteiger partial charge in [-0.2, -0.15) is 0 Å². The molecule has 3 unspecified atom stereocenters. The Balaban J connectivity index is 3.17. The lowest BCUT2D eigenvalue weighted by Crippen LogP contribution is -2.59. The van der Waals surface area contributed by atoms with Crippen LogP contribution in [0.25, 0.3) is 0 Å². The fourth-order valence-electron chi connectivity index (χ4n) is 2.98. The molecule has 1 aliphatic carbocycles. The molecule has 25 heavy (non-hydrogen) atoms. The molecular weight excluding hydrogens is 324 g/mol. The van der Waals surface area contributed by atoms with Crippen molar-refractivity contribution in [2.45, 2.75) is 78.2 Å². The molecule has 1 rings (SSSR count). The van der Waals surface area contributed by atoms with Gasteiger partial charge in [0.15, 0.2) is 0 Å². The molecule has 0 aromatic carbocycles. The summed E-state index contributed by atoms with van der Waals surface area (Å²) in [6.07, 6.45) is 3.11. The quantitative estimate of drug-likeness (QED) is 0.644. The second kappa shape index (κ2) is 10.2. The van der Waals surface area contributed by atoms with E-state index >= 15 is 0 Å². The average Bonchev–Trinajstić information content (AvgIpc) is 2.54. The predicted octanol–water partition coefficient (Wildman–Crippen LogP) is 1.46. The van der Waals surface area contributed by atoms with Gasteiger partial charge in [-0.25, -0.2) is 4.79 Å². The number of hydrogen-bond donors (Lipinski definition) is 2. The normalized spacial score (nSPS) is 23.0. The van der Waals surface area contributed by atoms with E-state index in [9.17, 15) is 14.4 Å². The Hall–Kier alpha value is -1.89. The van der Waals surface area contributed by atoms with Crippen molar-refractivity contribution in [2.24, 2.45) is 0 Å². The molecule has 0 aromatic rings. The van der Waals surface area contributed by atoms with E-state index in [0.717, 1.165) is 12.8 Å². The highest BCUT2D eigenvalue weighted by molar-refractivity contribution is 5.89. The summed E-state index contributed by atoms with van der Waals surface area (Å²) >= 11 is 0. The summed E-state index contributed by atoms with van der Waals surface area (Å²) in [4.78, 5) is 35.4. The Labute approximate surface area is 149 Å². The molecule has 0 saturated carbocycles. The third-order valence-electron chi connectivity index (χ3n) is 4.15. The number of nitrogens with one attached hydrogen (secondary N) is 2.